The Labute approximate surface area is 115 Å². The molecule has 0 saturated heterocycles. The van der Waals surface area contributed by atoms with E-state index in [-0.39, 0.29) is 11.6 Å². The van der Waals surface area contributed by atoms with Gasteiger partial charge in [-0.3, -0.25) is 4.79 Å². The standard InChI is InChI=1S/C16H23FO2/c1-3-4-5-6-7-12-19-13(2)16(18)14-8-10-15(17)11-9-14/h8-11,13H,3-7,12H2,1-2H3. The Morgan fingerprint density at radius 3 is 2.42 bits per heavy atom. The molecule has 0 heterocycles. The highest BCUT2D eigenvalue weighted by Gasteiger charge is 2.15. The second-order valence-corrected chi connectivity index (χ2v) is 4.80. The van der Waals surface area contributed by atoms with Crippen LogP contribution < -0.4 is 0 Å². The van der Waals surface area contributed by atoms with Crippen molar-refractivity contribution in [3.05, 3.63) is 35.6 Å². The first-order chi connectivity index (χ1) is 9.15. The average Bonchev–Trinajstić information content (AvgIpc) is 2.42. The van der Waals surface area contributed by atoms with Crippen LogP contribution in [0.15, 0.2) is 24.3 Å². The van der Waals surface area contributed by atoms with Crippen LogP contribution in [0, 0.1) is 5.82 Å². The highest BCUT2D eigenvalue weighted by Crippen LogP contribution is 2.09. The molecule has 0 fully saturated rings. The minimum absolute atomic E-state index is 0.0893. The van der Waals surface area contributed by atoms with Gasteiger partial charge in [0.2, 0.25) is 0 Å². The molecule has 3 heteroatoms. The van der Waals surface area contributed by atoms with Gasteiger partial charge in [-0.2, -0.15) is 0 Å². The minimum atomic E-state index is -0.461. The summed E-state index contributed by atoms with van der Waals surface area (Å²) in [6.45, 7) is 4.54. The van der Waals surface area contributed by atoms with Gasteiger partial charge in [0.1, 0.15) is 11.9 Å². The van der Waals surface area contributed by atoms with Crippen LogP contribution in [0.4, 0.5) is 4.39 Å². The summed E-state index contributed by atoms with van der Waals surface area (Å²) in [6.07, 6.45) is 5.37. The molecule has 0 aromatic heterocycles. The molecule has 0 aliphatic carbocycles. The molecule has 1 aromatic rings. The third-order valence-electron chi connectivity index (χ3n) is 3.11. The number of halogens is 1. The first-order valence-corrected chi connectivity index (χ1v) is 7.06. The molecule has 0 aliphatic heterocycles. The normalized spacial score (nSPS) is 12.4. The van der Waals surface area contributed by atoms with E-state index in [2.05, 4.69) is 6.92 Å². The number of rotatable bonds is 9. The topological polar surface area (TPSA) is 26.3 Å². The molecule has 1 rings (SSSR count). The number of unbranched alkanes of at least 4 members (excludes halogenated alkanes) is 4. The molecular formula is C16H23FO2. The Bertz CT molecular complexity index is 373. The molecule has 19 heavy (non-hydrogen) atoms. The second kappa shape index (κ2) is 8.81. The summed E-state index contributed by atoms with van der Waals surface area (Å²) in [6, 6.07) is 5.59. The lowest BCUT2D eigenvalue weighted by Gasteiger charge is -2.12. The first kappa shape index (κ1) is 15.8. The Morgan fingerprint density at radius 2 is 1.79 bits per heavy atom. The number of hydrogen-bond donors (Lipinski definition) is 0. The van der Waals surface area contributed by atoms with E-state index in [9.17, 15) is 9.18 Å². The van der Waals surface area contributed by atoms with Gasteiger partial charge in [0.25, 0.3) is 0 Å². The summed E-state index contributed by atoms with van der Waals surface area (Å²) in [5.41, 5.74) is 0.500. The predicted octanol–water partition coefficient (Wildman–Crippen LogP) is 4.38. The van der Waals surface area contributed by atoms with Gasteiger partial charge in [-0.15, -0.1) is 0 Å². The zero-order valence-electron chi connectivity index (χ0n) is 11.8. The maximum atomic E-state index is 12.8. The van der Waals surface area contributed by atoms with Crippen molar-refractivity contribution < 1.29 is 13.9 Å². The molecule has 2 nitrogen and oxygen atoms in total. The summed E-state index contributed by atoms with van der Waals surface area (Å²) >= 11 is 0. The van der Waals surface area contributed by atoms with E-state index >= 15 is 0 Å². The van der Waals surface area contributed by atoms with Crippen LogP contribution in [0.1, 0.15) is 56.3 Å². The lowest BCUT2D eigenvalue weighted by atomic mass is 10.1. The van der Waals surface area contributed by atoms with Gasteiger partial charge in [-0.05, 0) is 37.6 Å². The molecule has 1 atom stereocenters. The zero-order valence-corrected chi connectivity index (χ0v) is 11.8. The third kappa shape index (κ3) is 5.97. The lowest BCUT2D eigenvalue weighted by Crippen LogP contribution is -2.21. The molecule has 0 spiro atoms. The highest BCUT2D eigenvalue weighted by molar-refractivity contribution is 5.99. The van der Waals surface area contributed by atoms with Crippen molar-refractivity contribution in [2.45, 2.75) is 52.1 Å². The number of benzene rings is 1. The van der Waals surface area contributed by atoms with Gasteiger partial charge in [-0.1, -0.05) is 32.6 Å². The molecule has 0 aliphatic rings. The molecule has 1 aromatic carbocycles. The number of carbonyl (C=O) groups is 1. The van der Waals surface area contributed by atoms with Crippen molar-refractivity contribution in [1.29, 1.82) is 0 Å². The number of carbonyl (C=O) groups excluding carboxylic acids is 1. The molecule has 106 valence electrons. The van der Waals surface area contributed by atoms with E-state index in [1.54, 1.807) is 6.92 Å². The summed E-state index contributed by atoms with van der Waals surface area (Å²) in [5, 5.41) is 0. The van der Waals surface area contributed by atoms with Crippen LogP contribution in [0.2, 0.25) is 0 Å². The maximum Gasteiger partial charge on any atom is 0.191 e. The van der Waals surface area contributed by atoms with Crippen LogP contribution in [0.3, 0.4) is 0 Å². The van der Waals surface area contributed by atoms with E-state index in [1.807, 2.05) is 0 Å². The average molecular weight is 266 g/mol. The smallest absolute Gasteiger partial charge is 0.191 e. The highest BCUT2D eigenvalue weighted by atomic mass is 19.1. The van der Waals surface area contributed by atoms with Crippen molar-refractivity contribution in [3.63, 3.8) is 0 Å². The van der Waals surface area contributed by atoms with E-state index in [0.717, 1.165) is 12.8 Å². The van der Waals surface area contributed by atoms with Crippen molar-refractivity contribution in [1.82, 2.24) is 0 Å². The minimum Gasteiger partial charge on any atom is -0.370 e. The van der Waals surface area contributed by atoms with Crippen molar-refractivity contribution in [2.75, 3.05) is 6.61 Å². The van der Waals surface area contributed by atoms with Crippen molar-refractivity contribution in [3.8, 4) is 0 Å². The monoisotopic (exact) mass is 266 g/mol. The number of hydrogen-bond acceptors (Lipinski definition) is 2. The van der Waals surface area contributed by atoms with Gasteiger partial charge in [0.05, 0.1) is 0 Å². The molecule has 0 radical (unpaired) electrons. The molecular weight excluding hydrogens is 243 g/mol. The largest absolute Gasteiger partial charge is 0.370 e. The summed E-state index contributed by atoms with van der Waals surface area (Å²) in [7, 11) is 0. The summed E-state index contributed by atoms with van der Waals surface area (Å²) < 4.78 is 18.3. The van der Waals surface area contributed by atoms with Crippen LogP contribution in [0.5, 0.6) is 0 Å². The Kier molecular flexibility index (Phi) is 7.34. The number of Topliss-reactive ketones (excluding diaryl/α,β-unsaturated/α-hetero) is 1. The Morgan fingerprint density at radius 1 is 1.16 bits per heavy atom. The van der Waals surface area contributed by atoms with Crippen LogP contribution >= 0.6 is 0 Å². The predicted molar refractivity (Wildman–Crippen MR) is 74.9 cm³/mol. The lowest BCUT2D eigenvalue weighted by molar-refractivity contribution is 0.0464. The van der Waals surface area contributed by atoms with Crippen molar-refractivity contribution in [2.24, 2.45) is 0 Å². The summed E-state index contributed by atoms with van der Waals surface area (Å²) in [4.78, 5) is 12.0. The SMILES string of the molecule is CCCCCCCOC(C)C(=O)c1ccc(F)cc1. The second-order valence-electron chi connectivity index (χ2n) is 4.80. The van der Waals surface area contributed by atoms with Crippen LogP contribution in [-0.2, 0) is 4.74 Å². The Balaban J connectivity index is 2.27. The molecule has 0 saturated carbocycles. The fourth-order valence-electron chi connectivity index (χ4n) is 1.89. The first-order valence-electron chi connectivity index (χ1n) is 7.06. The van der Waals surface area contributed by atoms with E-state index in [4.69, 9.17) is 4.74 Å². The van der Waals surface area contributed by atoms with E-state index in [1.165, 1.54) is 43.5 Å². The Hall–Kier alpha value is -1.22. The molecule has 0 amide bonds. The quantitative estimate of drug-likeness (QED) is 0.489. The van der Waals surface area contributed by atoms with Gasteiger partial charge >= 0.3 is 0 Å². The van der Waals surface area contributed by atoms with Crippen LogP contribution in [0.25, 0.3) is 0 Å². The fourth-order valence-corrected chi connectivity index (χ4v) is 1.89. The van der Waals surface area contributed by atoms with Crippen molar-refractivity contribution >= 4 is 5.78 Å². The van der Waals surface area contributed by atoms with Gasteiger partial charge in [0.15, 0.2) is 5.78 Å². The zero-order chi connectivity index (χ0) is 14.1. The summed E-state index contributed by atoms with van der Waals surface area (Å²) in [5.74, 6) is -0.422. The number of ether oxygens (including phenoxy) is 1. The maximum absolute atomic E-state index is 12.8. The number of ketones is 1. The van der Waals surface area contributed by atoms with Gasteiger partial charge in [0, 0.05) is 12.2 Å². The van der Waals surface area contributed by atoms with Gasteiger partial charge < -0.3 is 4.74 Å². The van der Waals surface area contributed by atoms with E-state index in [0.29, 0.717) is 12.2 Å². The van der Waals surface area contributed by atoms with Gasteiger partial charge in [-0.25, -0.2) is 4.39 Å². The molecule has 0 N–H and O–H groups in total. The van der Waals surface area contributed by atoms with E-state index < -0.39 is 6.10 Å². The molecule has 1 unspecified atom stereocenters. The molecule has 0 bridgehead atoms. The van der Waals surface area contributed by atoms with Crippen LogP contribution in [-0.4, -0.2) is 18.5 Å². The third-order valence-corrected chi connectivity index (χ3v) is 3.11. The fraction of sp³-hybridized carbons (Fsp3) is 0.562.